The summed E-state index contributed by atoms with van der Waals surface area (Å²) in [6.07, 6.45) is 0.666. The second-order valence-corrected chi connectivity index (χ2v) is 6.89. The van der Waals surface area contributed by atoms with E-state index in [0.29, 0.717) is 17.8 Å². The van der Waals surface area contributed by atoms with E-state index in [-0.39, 0.29) is 24.1 Å². The molecule has 1 aliphatic rings. The maximum absolute atomic E-state index is 12.3. The van der Waals surface area contributed by atoms with E-state index in [1.807, 2.05) is 18.4 Å². The molecule has 3 amide bonds. The molecule has 3 rings (SSSR count). The molecule has 0 spiro atoms. The number of benzene rings is 1. The topological polar surface area (TPSA) is 87.3 Å². The summed E-state index contributed by atoms with van der Waals surface area (Å²) in [7, 11) is 0. The number of anilines is 1. The maximum Gasteiger partial charge on any atom is 0.254 e. The number of hydrogen-bond donors (Lipinski definition) is 3. The molecule has 0 saturated heterocycles. The Morgan fingerprint density at radius 1 is 1.24 bits per heavy atom. The minimum absolute atomic E-state index is 0.0883. The second-order valence-electron chi connectivity index (χ2n) is 5.89. The van der Waals surface area contributed by atoms with Gasteiger partial charge in [-0.15, -0.1) is 11.3 Å². The Bertz CT molecular complexity index is 815. The van der Waals surface area contributed by atoms with Gasteiger partial charge in [0.1, 0.15) is 6.04 Å². The fraction of sp³-hybridized carbons (Fsp3) is 0.278. The van der Waals surface area contributed by atoms with Gasteiger partial charge in [0, 0.05) is 11.4 Å². The van der Waals surface area contributed by atoms with E-state index < -0.39 is 6.04 Å². The van der Waals surface area contributed by atoms with Crippen LogP contribution in [0.2, 0.25) is 0 Å². The molecule has 0 saturated carbocycles. The number of amides is 3. The van der Waals surface area contributed by atoms with Crippen LogP contribution < -0.4 is 16.0 Å². The first kappa shape index (κ1) is 17.2. The molecule has 2 heterocycles. The van der Waals surface area contributed by atoms with Gasteiger partial charge >= 0.3 is 0 Å². The first-order valence-corrected chi connectivity index (χ1v) is 8.93. The summed E-state index contributed by atoms with van der Waals surface area (Å²) >= 11 is 1.66. The number of rotatable bonds is 5. The van der Waals surface area contributed by atoms with Gasteiger partial charge in [-0.1, -0.05) is 12.1 Å². The Balaban J connectivity index is 1.55. The van der Waals surface area contributed by atoms with Crippen LogP contribution in [0, 0.1) is 6.92 Å². The molecule has 6 nitrogen and oxygen atoms in total. The molecular weight excluding hydrogens is 338 g/mol. The molecule has 25 heavy (non-hydrogen) atoms. The molecule has 1 atom stereocenters. The van der Waals surface area contributed by atoms with Gasteiger partial charge in [-0.3, -0.25) is 14.4 Å². The SMILES string of the molecule is Cc1ccsc1CCNC(=O)C[C@@H]1NC(=O)c2ccccc2NC1=O. The van der Waals surface area contributed by atoms with Crippen molar-refractivity contribution in [3.8, 4) is 0 Å². The molecule has 2 aromatic rings. The van der Waals surface area contributed by atoms with E-state index in [4.69, 9.17) is 0 Å². The monoisotopic (exact) mass is 357 g/mol. The Hall–Kier alpha value is -2.67. The number of fused-ring (bicyclic) bond motifs is 1. The molecule has 0 unspecified atom stereocenters. The van der Waals surface area contributed by atoms with E-state index >= 15 is 0 Å². The zero-order valence-corrected chi connectivity index (χ0v) is 14.6. The molecule has 1 aromatic carbocycles. The van der Waals surface area contributed by atoms with Crippen LogP contribution in [0.4, 0.5) is 5.69 Å². The predicted octanol–water partition coefficient (Wildman–Crippen LogP) is 1.86. The molecule has 130 valence electrons. The van der Waals surface area contributed by atoms with Gasteiger partial charge in [-0.2, -0.15) is 0 Å². The Labute approximate surface area is 149 Å². The third kappa shape index (κ3) is 4.06. The lowest BCUT2D eigenvalue weighted by atomic mass is 10.1. The molecule has 7 heteroatoms. The normalized spacial score (nSPS) is 16.4. The highest BCUT2D eigenvalue weighted by Gasteiger charge is 2.29. The smallest absolute Gasteiger partial charge is 0.254 e. The second kappa shape index (κ2) is 7.48. The lowest BCUT2D eigenvalue weighted by Gasteiger charge is -2.14. The number of hydrogen-bond acceptors (Lipinski definition) is 4. The number of nitrogens with one attached hydrogen (secondary N) is 3. The Morgan fingerprint density at radius 2 is 2.04 bits per heavy atom. The first-order valence-electron chi connectivity index (χ1n) is 8.05. The number of carbonyl (C=O) groups excluding carboxylic acids is 3. The van der Waals surface area contributed by atoms with Crippen molar-refractivity contribution < 1.29 is 14.4 Å². The van der Waals surface area contributed by atoms with Crippen LogP contribution in [0.15, 0.2) is 35.7 Å². The van der Waals surface area contributed by atoms with Gasteiger partial charge in [0.2, 0.25) is 11.8 Å². The molecule has 1 aliphatic heterocycles. The van der Waals surface area contributed by atoms with E-state index in [2.05, 4.69) is 16.0 Å². The lowest BCUT2D eigenvalue weighted by molar-refractivity contribution is -0.125. The average molecular weight is 357 g/mol. The van der Waals surface area contributed by atoms with Crippen LogP contribution >= 0.6 is 11.3 Å². The van der Waals surface area contributed by atoms with Gasteiger partial charge < -0.3 is 16.0 Å². The highest BCUT2D eigenvalue weighted by molar-refractivity contribution is 7.10. The third-order valence-electron chi connectivity index (χ3n) is 4.08. The zero-order chi connectivity index (χ0) is 17.8. The molecule has 3 N–H and O–H groups in total. The summed E-state index contributed by atoms with van der Waals surface area (Å²) in [5.41, 5.74) is 2.07. The van der Waals surface area contributed by atoms with Crippen molar-refractivity contribution in [3.05, 3.63) is 51.7 Å². The van der Waals surface area contributed by atoms with Crippen molar-refractivity contribution in [2.24, 2.45) is 0 Å². The van der Waals surface area contributed by atoms with Crippen molar-refractivity contribution >= 4 is 34.7 Å². The van der Waals surface area contributed by atoms with Crippen molar-refractivity contribution in [1.29, 1.82) is 0 Å². The number of thiophene rings is 1. The van der Waals surface area contributed by atoms with Crippen molar-refractivity contribution in [1.82, 2.24) is 10.6 Å². The number of para-hydroxylation sites is 1. The van der Waals surface area contributed by atoms with E-state index in [0.717, 1.165) is 6.42 Å². The largest absolute Gasteiger partial charge is 0.356 e. The van der Waals surface area contributed by atoms with E-state index in [1.165, 1.54) is 10.4 Å². The Kier molecular flexibility index (Phi) is 5.14. The van der Waals surface area contributed by atoms with Crippen LogP contribution in [-0.2, 0) is 16.0 Å². The Morgan fingerprint density at radius 3 is 2.80 bits per heavy atom. The summed E-state index contributed by atoms with van der Waals surface area (Å²) < 4.78 is 0. The summed E-state index contributed by atoms with van der Waals surface area (Å²) in [6, 6.07) is 7.93. The van der Waals surface area contributed by atoms with Gasteiger partial charge in [-0.25, -0.2) is 0 Å². The minimum atomic E-state index is -0.886. The van der Waals surface area contributed by atoms with Crippen LogP contribution in [0.25, 0.3) is 0 Å². The highest BCUT2D eigenvalue weighted by Crippen LogP contribution is 2.19. The highest BCUT2D eigenvalue weighted by atomic mass is 32.1. The van der Waals surface area contributed by atoms with Crippen LogP contribution in [0.5, 0.6) is 0 Å². The molecule has 0 bridgehead atoms. The maximum atomic E-state index is 12.3. The summed E-state index contributed by atoms with van der Waals surface area (Å²) in [4.78, 5) is 37.8. The minimum Gasteiger partial charge on any atom is -0.356 e. The molecule has 0 radical (unpaired) electrons. The van der Waals surface area contributed by atoms with Gasteiger partial charge in [0.25, 0.3) is 5.91 Å². The fourth-order valence-corrected chi connectivity index (χ4v) is 3.60. The zero-order valence-electron chi connectivity index (χ0n) is 13.8. The van der Waals surface area contributed by atoms with E-state index in [9.17, 15) is 14.4 Å². The summed E-state index contributed by atoms with van der Waals surface area (Å²) in [6.45, 7) is 2.54. The number of aryl methyl sites for hydroxylation is 1. The van der Waals surface area contributed by atoms with Crippen molar-refractivity contribution in [2.45, 2.75) is 25.8 Å². The van der Waals surface area contributed by atoms with Crippen LogP contribution in [-0.4, -0.2) is 30.3 Å². The predicted molar refractivity (Wildman–Crippen MR) is 96.7 cm³/mol. The molecule has 0 fully saturated rings. The standard InChI is InChI=1S/C18H19N3O3S/c1-11-7-9-25-15(11)6-8-19-16(22)10-14-18(24)20-13-5-3-2-4-12(13)17(23)21-14/h2-5,7,9,14H,6,8,10H2,1H3,(H,19,22)(H,20,24)(H,21,23)/t14-/m0/s1. The summed E-state index contributed by atoms with van der Waals surface area (Å²) in [5, 5.41) is 10.1. The van der Waals surface area contributed by atoms with Gasteiger partial charge in [0.05, 0.1) is 17.7 Å². The molecule has 1 aromatic heterocycles. The first-order chi connectivity index (χ1) is 12.0. The quantitative estimate of drug-likeness (QED) is 0.763. The molecule has 0 aliphatic carbocycles. The third-order valence-corrected chi connectivity index (χ3v) is 5.17. The van der Waals surface area contributed by atoms with Crippen molar-refractivity contribution in [2.75, 3.05) is 11.9 Å². The lowest BCUT2D eigenvalue weighted by Crippen LogP contribution is -2.44. The van der Waals surface area contributed by atoms with E-state index in [1.54, 1.807) is 35.6 Å². The van der Waals surface area contributed by atoms with Crippen LogP contribution in [0.3, 0.4) is 0 Å². The fourth-order valence-electron chi connectivity index (χ4n) is 2.69. The number of carbonyl (C=O) groups is 3. The van der Waals surface area contributed by atoms with Gasteiger partial charge in [-0.05, 0) is 42.5 Å². The molecular formula is C18H19N3O3S. The summed E-state index contributed by atoms with van der Waals surface area (Å²) in [5.74, 6) is -1.01. The van der Waals surface area contributed by atoms with Crippen LogP contribution in [0.1, 0.15) is 27.2 Å². The average Bonchev–Trinajstić information content (AvgIpc) is 2.94. The van der Waals surface area contributed by atoms with Crippen molar-refractivity contribution in [3.63, 3.8) is 0 Å². The van der Waals surface area contributed by atoms with Gasteiger partial charge in [0.15, 0.2) is 0 Å².